The van der Waals surface area contributed by atoms with Crippen LogP contribution in [0.15, 0.2) is 42.5 Å². The highest BCUT2D eigenvalue weighted by Crippen LogP contribution is 2.26. The maximum Gasteiger partial charge on any atom is 0.241 e. The summed E-state index contributed by atoms with van der Waals surface area (Å²) in [6, 6.07) is 13.6. The lowest BCUT2D eigenvalue weighted by Gasteiger charge is -2.32. The molecule has 1 unspecified atom stereocenters. The summed E-state index contributed by atoms with van der Waals surface area (Å²) in [5.41, 5.74) is 4.59. The highest BCUT2D eigenvalue weighted by atomic mass is 32.2. The average molecular weight is 458 g/mol. The number of nitrogens with zero attached hydrogens (tertiary/aromatic N) is 2. The topological polar surface area (TPSA) is 69.7 Å². The Labute approximate surface area is 192 Å². The fourth-order valence-electron chi connectivity index (χ4n) is 4.21. The van der Waals surface area contributed by atoms with Gasteiger partial charge in [-0.15, -0.1) is 0 Å². The lowest BCUT2D eigenvalue weighted by atomic mass is 9.98. The van der Waals surface area contributed by atoms with Crippen molar-refractivity contribution >= 4 is 27.3 Å². The van der Waals surface area contributed by atoms with E-state index in [2.05, 4.69) is 29.3 Å². The van der Waals surface area contributed by atoms with Gasteiger partial charge < -0.3 is 10.2 Å². The van der Waals surface area contributed by atoms with Gasteiger partial charge in [0.05, 0.1) is 18.0 Å². The van der Waals surface area contributed by atoms with Crippen LogP contribution in [0.2, 0.25) is 0 Å². The number of carbonyl (C=O) groups is 1. The number of anilines is 2. The first-order chi connectivity index (χ1) is 15.0. The molecule has 6 nitrogen and oxygen atoms in total. The fourth-order valence-corrected chi connectivity index (χ4v) is 5.12. The van der Waals surface area contributed by atoms with Crippen molar-refractivity contribution in [2.45, 2.75) is 46.6 Å². The largest absolute Gasteiger partial charge is 0.372 e. The zero-order chi connectivity index (χ0) is 23.5. The van der Waals surface area contributed by atoms with E-state index >= 15 is 0 Å². The summed E-state index contributed by atoms with van der Waals surface area (Å²) in [4.78, 5) is 15.2. The van der Waals surface area contributed by atoms with Crippen LogP contribution in [0, 0.1) is 19.8 Å². The fraction of sp³-hybridized carbons (Fsp3) is 0.480. The van der Waals surface area contributed by atoms with Crippen LogP contribution in [0.4, 0.5) is 11.4 Å². The van der Waals surface area contributed by atoms with Crippen LogP contribution < -0.4 is 14.5 Å². The minimum atomic E-state index is -3.60. The Hall–Kier alpha value is -2.54. The maximum absolute atomic E-state index is 12.8. The van der Waals surface area contributed by atoms with Gasteiger partial charge in [0.1, 0.15) is 6.54 Å². The second-order valence-corrected chi connectivity index (χ2v) is 11.0. The van der Waals surface area contributed by atoms with Crippen LogP contribution in [0.5, 0.6) is 0 Å². The number of rotatable bonds is 7. The second-order valence-electron chi connectivity index (χ2n) is 9.11. The standard InChI is InChI=1S/C25H35N3O3S/c1-18-12-14-27(15-13-18)23-9-7-22(8-10-23)21(4)26-25(29)17-28(32(5,30)31)24-11-6-19(2)16-20(24)3/h6-11,16,18,21H,12-15,17H2,1-5H3,(H,26,29). The maximum atomic E-state index is 12.8. The Balaban J connectivity index is 1.66. The molecule has 0 bridgehead atoms. The molecule has 1 N–H and O–H groups in total. The second kappa shape index (κ2) is 9.94. The van der Waals surface area contributed by atoms with Gasteiger partial charge >= 0.3 is 0 Å². The van der Waals surface area contributed by atoms with Gasteiger partial charge in [0.15, 0.2) is 0 Å². The summed E-state index contributed by atoms with van der Waals surface area (Å²) in [5, 5.41) is 2.95. The van der Waals surface area contributed by atoms with Crippen LogP contribution in [0.25, 0.3) is 0 Å². The van der Waals surface area contributed by atoms with Gasteiger partial charge in [0.2, 0.25) is 15.9 Å². The molecule has 0 spiro atoms. The number of piperidine rings is 1. The van der Waals surface area contributed by atoms with E-state index in [0.717, 1.165) is 42.0 Å². The molecule has 1 aliphatic rings. The van der Waals surface area contributed by atoms with E-state index in [1.54, 1.807) is 6.07 Å². The molecule has 2 aromatic carbocycles. The molecule has 0 radical (unpaired) electrons. The Kier molecular flexibility index (Phi) is 7.49. The van der Waals surface area contributed by atoms with Crippen LogP contribution in [0.3, 0.4) is 0 Å². The summed E-state index contributed by atoms with van der Waals surface area (Å²) in [5.74, 6) is 0.452. The number of benzene rings is 2. The molecular weight excluding hydrogens is 422 g/mol. The van der Waals surface area contributed by atoms with E-state index in [0.29, 0.717) is 5.69 Å². The Morgan fingerprint density at radius 2 is 1.75 bits per heavy atom. The normalized spacial score (nSPS) is 16.0. The van der Waals surface area contributed by atoms with E-state index in [9.17, 15) is 13.2 Å². The monoisotopic (exact) mass is 457 g/mol. The van der Waals surface area contributed by atoms with Crippen molar-refractivity contribution in [3.63, 3.8) is 0 Å². The van der Waals surface area contributed by atoms with Gasteiger partial charge in [0.25, 0.3) is 0 Å². The highest BCUT2D eigenvalue weighted by Gasteiger charge is 2.23. The smallest absolute Gasteiger partial charge is 0.241 e. The van der Waals surface area contributed by atoms with Crippen LogP contribution in [0.1, 0.15) is 49.4 Å². The Bertz CT molecular complexity index is 1040. The molecule has 32 heavy (non-hydrogen) atoms. The highest BCUT2D eigenvalue weighted by molar-refractivity contribution is 7.92. The molecule has 1 heterocycles. The van der Waals surface area contributed by atoms with E-state index in [1.807, 2.05) is 45.0 Å². The van der Waals surface area contributed by atoms with Crippen LogP contribution >= 0.6 is 0 Å². The van der Waals surface area contributed by atoms with Gasteiger partial charge in [-0.1, -0.05) is 36.8 Å². The molecule has 1 amide bonds. The van der Waals surface area contributed by atoms with Gasteiger partial charge in [-0.25, -0.2) is 8.42 Å². The minimum Gasteiger partial charge on any atom is -0.372 e. The van der Waals surface area contributed by atoms with E-state index in [4.69, 9.17) is 0 Å². The SMILES string of the molecule is Cc1ccc(N(CC(=O)NC(C)c2ccc(N3CCC(C)CC3)cc2)S(C)(=O)=O)c(C)c1. The van der Waals surface area contributed by atoms with Crippen molar-refractivity contribution in [1.29, 1.82) is 0 Å². The molecule has 0 saturated carbocycles. The van der Waals surface area contributed by atoms with Gasteiger partial charge in [-0.2, -0.15) is 0 Å². The summed E-state index contributed by atoms with van der Waals surface area (Å²) in [6.45, 7) is 9.92. The molecule has 7 heteroatoms. The lowest BCUT2D eigenvalue weighted by Crippen LogP contribution is -2.41. The third-order valence-corrected chi connectivity index (χ3v) is 7.35. The molecule has 1 atom stereocenters. The molecular formula is C25H35N3O3S. The zero-order valence-corrected chi connectivity index (χ0v) is 20.6. The van der Waals surface area contributed by atoms with Crippen molar-refractivity contribution in [3.05, 3.63) is 59.2 Å². The first-order valence-electron chi connectivity index (χ1n) is 11.2. The minimum absolute atomic E-state index is 0.224. The number of sulfonamides is 1. The third kappa shape index (κ3) is 6.03. The first-order valence-corrected chi connectivity index (χ1v) is 13.1. The Morgan fingerprint density at radius 3 is 2.31 bits per heavy atom. The number of hydrogen-bond acceptors (Lipinski definition) is 4. The Morgan fingerprint density at radius 1 is 1.12 bits per heavy atom. The number of hydrogen-bond donors (Lipinski definition) is 1. The summed E-state index contributed by atoms with van der Waals surface area (Å²) < 4.78 is 26.0. The number of carbonyl (C=O) groups excluding carboxylic acids is 1. The molecule has 1 fully saturated rings. The molecule has 2 aromatic rings. The van der Waals surface area contributed by atoms with E-state index in [1.165, 1.54) is 22.8 Å². The van der Waals surface area contributed by atoms with Gasteiger partial charge in [-0.05, 0) is 68.9 Å². The number of aryl methyl sites for hydroxylation is 2. The van der Waals surface area contributed by atoms with Crippen molar-refractivity contribution in [2.24, 2.45) is 5.92 Å². The quantitative estimate of drug-likeness (QED) is 0.677. The van der Waals surface area contributed by atoms with E-state index in [-0.39, 0.29) is 18.5 Å². The van der Waals surface area contributed by atoms with Gasteiger partial charge in [-0.3, -0.25) is 9.10 Å². The summed E-state index contributed by atoms with van der Waals surface area (Å²) in [7, 11) is -3.60. The molecule has 0 aliphatic carbocycles. The summed E-state index contributed by atoms with van der Waals surface area (Å²) in [6.07, 6.45) is 3.56. The first kappa shape index (κ1) is 24.1. The average Bonchev–Trinajstić information content (AvgIpc) is 2.72. The molecule has 0 aromatic heterocycles. The lowest BCUT2D eigenvalue weighted by molar-refractivity contribution is -0.120. The van der Waals surface area contributed by atoms with Gasteiger partial charge in [0, 0.05) is 18.8 Å². The van der Waals surface area contributed by atoms with Crippen molar-refractivity contribution in [3.8, 4) is 0 Å². The van der Waals surface area contributed by atoms with Crippen molar-refractivity contribution < 1.29 is 13.2 Å². The van der Waals surface area contributed by atoms with E-state index < -0.39 is 10.0 Å². The van der Waals surface area contributed by atoms with Crippen molar-refractivity contribution in [1.82, 2.24) is 5.32 Å². The molecule has 3 rings (SSSR count). The molecule has 1 saturated heterocycles. The number of nitrogens with one attached hydrogen (secondary N) is 1. The number of amides is 1. The third-order valence-electron chi connectivity index (χ3n) is 6.23. The summed E-state index contributed by atoms with van der Waals surface area (Å²) >= 11 is 0. The zero-order valence-electron chi connectivity index (χ0n) is 19.8. The van der Waals surface area contributed by atoms with Crippen molar-refractivity contribution in [2.75, 3.05) is 35.1 Å². The molecule has 174 valence electrons. The predicted molar refractivity (Wildman–Crippen MR) is 132 cm³/mol. The predicted octanol–water partition coefficient (Wildman–Crippen LogP) is 4.18. The van der Waals surface area contributed by atoms with Crippen LogP contribution in [-0.4, -0.2) is 40.2 Å². The van der Waals surface area contributed by atoms with Crippen LogP contribution in [-0.2, 0) is 14.8 Å². The molecule has 1 aliphatic heterocycles.